The molecule has 108 valence electrons. The van der Waals surface area contributed by atoms with Gasteiger partial charge in [-0.2, -0.15) is 8.42 Å². The summed E-state index contributed by atoms with van der Waals surface area (Å²) >= 11 is 11.4. The molecule has 0 radical (unpaired) electrons. The number of sulfonamides is 1. The van der Waals surface area contributed by atoms with E-state index in [0.717, 1.165) is 6.07 Å². The molecule has 0 unspecified atom stereocenters. The Morgan fingerprint density at radius 3 is 2.26 bits per heavy atom. The molecular formula is C8H10Cl2N2O5S2. The van der Waals surface area contributed by atoms with Gasteiger partial charge in [0.05, 0.1) is 21.5 Å². The molecule has 0 atom stereocenters. The van der Waals surface area contributed by atoms with Crippen molar-refractivity contribution in [3.05, 3.63) is 22.2 Å². The van der Waals surface area contributed by atoms with Gasteiger partial charge in [0.15, 0.2) is 0 Å². The number of nitrogens with one attached hydrogen (secondary N) is 1. The van der Waals surface area contributed by atoms with Crippen molar-refractivity contribution < 1.29 is 21.4 Å². The Kier molecular flexibility index (Phi) is 5.04. The number of benzene rings is 1. The zero-order valence-electron chi connectivity index (χ0n) is 9.30. The van der Waals surface area contributed by atoms with Crippen LogP contribution >= 0.6 is 23.2 Å². The monoisotopic (exact) mass is 348 g/mol. The maximum atomic E-state index is 11.8. The predicted molar refractivity (Wildman–Crippen MR) is 72.5 cm³/mol. The van der Waals surface area contributed by atoms with Gasteiger partial charge in [-0.1, -0.05) is 23.2 Å². The lowest BCUT2D eigenvalue weighted by molar-refractivity contribution is 0.482. The highest BCUT2D eigenvalue weighted by atomic mass is 35.5. The van der Waals surface area contributed by atoms with E-state index in [-0.39, 0.29) is 20.6 Å². The van der Waals surface area contributed by atoms with Crippen molar-refractivity contribution in [2.75, 3.05) is 18.0 Å². The van der Waals surface area contributed by atoms with Crippen molar-refractivity contribution >= 4 is 49.0 Å². The van der Waals surface area contributed by atoms with E-state index in [9.17, 15) is 16.8 Å². The minimum absolute atomic E-state index is 0.000412. The maximum absolute atomic E-state index is 11.8. The third-order valence-corrected chi connectivity index (χ3v) is 4.97. The molecule has 1 aromatic rings. The average Bonchev–Trinajstić information content (AvgIpc) is 2.20. The largest absolute Gasteiger partial charge is 0.397 e. The average molecular weight is 349 g/mol. The molecule has 0 aliphatic carbocycles. The summed E-state index contributed by atoms with van der Waals surface area (Å²) < 4.78 is 55.1. The molecule has 0 aliphatic heterocycles. The molecule has 0 amide bonds. The normalized spacial score (nSPS) is 12.6. The Bertz CT molecular complexity index is 687. The van der Waals surface area contributed by atoms with Crippen LogP contribution in [-0.4, -0.2) is 33.7 Å². The highest BCUT2D eigenvalue weighted by Gasteiger charge is 2.20. The van der Waals surface area contributed by atoms with Crippen molar-refractivity contribution in [3.8, 4) is 0 Å². The first-order valence-corrected chi connectivity index (χ1v) is 8.57. The number of rotatable bonds is 5. The molecule has 0 spiro atoms. The van der Waals surface area contributed by atoms with Crippen molar-refractivity contribution in [1.29, 1.82) is 0 Å². The third-order valence-electron chi connectivity index (χ3n) is 1.99. The smallest absolute Gasteiger partial charge is 0.266 e. The van der Waals surface area contributed by atoms with E-state index in [1.54, 1.807) is 0 Å². The summed E-state index contributed by atoms with van der Waals surface area (Å²) in [6.07, 6.45) is 0. The van der Waals surface area contributed by atoms with Gasteiger partial charge in [-0.15, -0.1) is 0 Å². The fourth-order valence-corrected chi connectivity index (χ4v) is 3.44. The van der Waals surface area contributed by atoms with Gasteiger partial charge in [-0.3, -0.25) is 4.55 Å². The van der Waals surface area contributed by atoms with Crippen LogP contribution < -0.4 is 10.5 Å². The molecule has 1 aromatic carbocycles. The van der Waals surface area contributed by atoms with Gasteiger partial charge < -0.3 is 5.73 Å². The minimum atomic E-state index is -4.26. The molecule has 0 fully saturated rings. The fraction of sp³-hybridized carbons (Fsp3) is 0.250. The van der Waals surface area contributed by atoms with Crippen LogP contribution in [0.5, 0.6) is 0 Å². The molecule has 4 N–H and O–H groups in total. The van der Waals surface area contributed by atoms with Crippen molar-refractivity contribution in [3.63, 3.8) is 0 Å². The van der Waals surface area contributed by atoms with Crippen molar-refractivity contribution in [1.82, 2.24) is 4.72 Å². The zero-order valence-corrected chi connectivity index (χ0v) is 12.4. The second-order valence-electron chi connectivity index (χ2n) is 3.49. The zero-order chi connectivity index (χ0) is 14.8. The number of hydrogen-bond acceptors (Lipinski definition) is 5. The standard InChI is InChI=1S/C8H10Cl2N2O5S2/c9-5-4-8(6(10)3-7(5)11)19(16,17)12-1-2-18(13,14)15/h3-4,12H,1-2,11H2,(H,13,14,15). The van der Waals surface area contributed by atoms with E-state index in [4.69, 9.17) is 33.5 Å². The Morgan fingerprint density at radius 1 is 1.16 bits per heavy atom. The van der Waals surface area contributed by atoms with Gasteiger partial charge in [0.25, 0.3) is 10.1 Å². The van der Waals surface area contributed by atoms with Gasteiger partial charge in [-0.25, -0.2) is 13.1 Å². The number of nitrogens with two attached hydrogens (primary N) is 1. The van der Waals surface area contributed by atoms with Gasteiger partial charge in [0.1, 0.15) is 4.90 Å². The van der Waals surface area contributed by atoms with Crippen LogP contribution in [-0.2, 0) is 20.1 Å². The van der Waals surface area contributed by atoms with Gasteiger partial charge in [0.2, 0.25) is 10.0 Å². The summed E-state index contributed by atoms with van der Waals surface area (Å²) in [5.41, 5.74) is 5.56. The van der Waals surface area contributed by atoms with E-state index in [1.165, 1.54) is 6.07 Å². The first-order chi connectivity index (χ1) is 8.53. The summed E-state index contributed by atoms with van der Waals surface area (Å²) in [5.74, 6) is -0.757. The summed E-state index contributed by atoms with van der Waals surface area (Å²) in [4.78, 5) is -0.330. The van der Waals surface area contributed by atoms with Crippen LogP contribution in [0.1, 0.15) is 0 Å². The Morgan fingerprint density at radius 2 is 1.74 bits per heavy atom. The van der Waals surface area contributed by atoms with Gasteiger partial charge >= 0.3 is 0 Å². The molecule has 0 aromatic heterocycles. The Balaban J connectivity index is 2.98. The third kappa shape index (κ3) is 4.79. The summed E-state index contributed by atoms with van der Waals surface area (Å²) in [6.45, 7) is -0.501. The number of nitrogen functional groups attached to an aromatic ring is 1. The number of anilines is 1. The molecule has 1 rings (SSSR count). The minimum Gasteiger partial charge on any atom is -0.397 e. The highest BCUT2D eigenvalue weighted by Crippen LogP contribution is 2.29. The van der Waals surface area contributed by atoms with Crippen LogP contribution in [0.3, 0.4) is 0 Å². The van der Waals surface area contributed by atoms with E-state index in [0.29, 0.717) is 0 Å². The summed E-state index contributed by atoms with van der Waals surface area (Å²) in [5, 5.41) is -0.152. The van der Waals surface area contributed by atoms with Gasteiger partial charge in [0, 0.05) is 6.54 Å². The Labute approximate surface area is 120 Å². The van der Waals surface area contributed by atoms with Crippen LogP contribution in [0, 0.1) is 0 Å². The van der Waals surface area contributed by atoms with Crippen molar-refractivity contribution in [2.45, 2.75) is 4.90 Å². The lowest BCUT2D eigenvalue weighted by atomic mass is 10.3. The Hall–Kier alpha value is -0.580. The molecule has 0 saturated carbocycles. The second kappa shape index (κ2) is 5.81. The van der Waals surface area contributed by atoms with Crippen LogP contribution in [0.25, 0.3) is 0 Å². The topological polar surface area (TPSA) is 127 Å². The number of halogens is 2. The molecule has 19 heavy (non-hydrogen) atoms. The SMILES string of the molecule is Nc1cc(Cl)c(S(=O)(=O)NCCS(=O)(=O)O)cc1Cl. The quantitative estimate of drug-likeness (QED) is 0.532. The molecular weight excluding hydrogens is 339 g/mol. The molecule has 0 heterocycles. The first-order valence-electron chi connectivity index (χ1n) is 4.72. The van der Waals surface area contributed by atoms with Crippen LogP contribution in [0.2, 0.25) is 10.0 Å². The highest BCUT2D eigenvalue weighted by molar-refractivity contribution is 7.89. The molecule has 0 bridgehead atoms. The lowest BCUT2D eigenvalue weighted by Gasteiger charge is -2.09. The lowest BCUT2D eigenvalue weighted by Crippen LogP contribution is -2.29. The summed E-state index contributed by atoms with van der Waals surface area (Å²) in [6, 6.07) is 2.22. The van der Waals surface area contributed by atoms with E-state index in [1.807, 2.05) is 4.72 Å². The summed E-state index contributed by atoms with van der Waals surface area (Å²) in [7, 11) is -8.31. The first kappa shape index (κ1) is 16.5. The maximum Gasteiger partial charge on any atom is 0.266 e. The molecule has 7 nitrogen and oxygen atoms in total. The molecule has 0 aliphatic rings. The van der Waals surface area contributed by atoms with Gasteiger partial charge in [-0.05, 0) is 12.1 Å². The number of hydrogen-bond donors (Lipinski definition) is 3. The molecule has 0 saturated heterocycles. The van der Waals surface area contributed by atoms with E-state index in [2.05, 4.69) is 0 Å². The molecule has 11 heteroatoms. The second-order valence-corrected chi connectivity index (χ2v) is 7.61. The fourth-order valence-electron chi connectivity index (χ4n) is 1.13. The van der Waals surface area contributed by atoms with E-state index < -0.39 is 32.4 Å². The van der Waals surface area contributed by atoms with Crippen molar-refractivity contribution in [2.24, 2.45) is 0 Å². The van der Waals surface area contributed by atoms with E-state index >= 15 is 0 Å². The predicted octanol–water partition coefficient (Wildman–Crippen LogP) is 0.742. The van der Waals surface area contributed by atoms with Crippen LogP contribution in [0.4, 0.5) is 5.69 Å². The van der Waals surface area contributed by atoms with Crippen LogP contribution in [0.15, 0.2) is 17.0 Å².